The molecule has 0 aliphatic rings. The van der Waals surface area contributed by atoms with E-state index in [1.54, 1.807) is 36.4 Å². The number of carbonyl (C=O) groups excluding carboxylic acids is 1. The van der Waals surface area contributed by atoms with E-state index in [2.05, 4.69) is 10.6 Å². The van der Waals surface area contributed by atoms with Gasteiger partial charge in [0.1, 0.15) is 5.76 Å². The number of hydrogen-bond acceptors (Lipinski definition) is 7. The summed E-state index contributed by atoms with van der Waals surface area (Å²) in [7, 11) is -4.23. The van der Waals surface area contributed by atoms with Crippen molar-refractivity contribution in [3.05, 3.63) is 66.1 Å². The maximum Gasteiger partial charge on any atom is 0.335 e. The molecule has 2 aromatic carbocycles. The van der Waals surface area contributed by atoms with Crippen LogP contribution < -0.4 is 15.8 Å². The Morgan fingerprint density at radius 2 is 1.87 bits per heavy atom. The number of amides is 1. The Bertz CT molecular complexity index is 1210. The van der Waals surface area contributed by atoms with Gasteiger partial charge in [-0.05, 0) is 48.5 Å². The number of hydrogen-bond donors (Lipinski definition) is 4. The fourth-order valence-corrected chi connectivity index (χ4v) is 4.74. The average Bonchev–Trinajstić information content (AvgIpc) is 3.20. The first-order chi connectivity index (χ1) is 14.6. The van der Waals surface area contributed by atoms with Crippen LogP contribution in [0.3, 0.4) is 0 Å². The third-order valence-corrected chi connectivity index (χ3v) is 6.25. The van der Waals surface area contributed by atoms with Crippen LogP contribution in [0.5, 0.6) is 0 Å². The minimum absolute atomic E-state index is 0.204. The van der Waals surface area contributed by atoms with Crippen LogP contribution in [-0.2, 0) is 21.4 Å². The second kappa shape index (κ2) is 9.25. The van der Waals surface area contributed by atoms with E-state index in [9.17, 15) is 23.1 Å². The standard InChI is InChI=1S/C20H19N3O6S2/c1-12(24)23-14-4-6-16(7-5-14)30-19-17(22-11-15-3-2-8-29-15)9-13(20(25)26)10-18(19)31(21,27)28/h2-10,22H,11H2,1H3,(H,23,24)(H,25,26)(H2,21,27,28). The minimum atomic E-state index is -4.23. The van der Waals surface area contributed by atoms with Gasteiger partial charge in [0, 0.05) is 17.5 Å². The fraction of sp³-hybridized carbons (Fsp3) is 0.100. The Hall–Kier alpha value is -3.28. The molecule has 0 radical (unpaired) electrons. The number of carbonyl (C=O) groups is 2. The summed E-state index contributed by atoms with van der Waals surface area (Å²) in [6.45, 7) is 1.59. The van der Waals surface area contributed by atoms with Gasteiger partial charge >= 0.3 is 5.97 Å². The molecular weight excluding hydrogens is 442 g/mol. The van der Waals surface area contributed by atoms with Gasteiger partial charge in [-0.15, -0.1) is 0 Å². The second-order valence-electron chi connectivity index (χ2n) is 6.44. The van der Waals surface area contributed by atoms with E-state index in [-0.39, 0.29) is 33.5 Å². The van der Waals surface area contributed by atoms with Crippen LogP contribution in [0.2, 0.25) is 0 Å². The van der Waals surface area contributed by atoms with Crippen molar-refractivity contribution in [3.63, 3.8) is 0 Å². The third kappa shape index (κ3) is 5.87. The molecule has 0 saturated carbocycles. The smallest absolute Gasteiger partial charge is 0.335 e. The molecule has 1 aromatic heterocycles. The van der Waals surface area contributed by atoms with Gasteiger partial charge < -0.3 is 20.2 Å². The highest BCUT2D eigenvalue weighted by Gasteiger charge is 2.22. The highest BCUT2D eigenvalue weighted by molar-refractivity contribution is 8.00. The van der Waals surface area contributed by atoms with Crippen molar-refractivity contribution in [2.75, 3.05) is 10.6 Å². The molecule has 0 aliphatic carbocycles. The number of furan rings is 1. The van der Waals surface area contributed by atoms with Crippen molar-refractivity contribution in [2.45, 2.75) is 28.2 Å². The molecule has 0 unspecified atom stereocenters. The highest BCUT2D eigenvalue weighted by atomic mass is 32.2. The molecular formula is C20H19N3O6S2. The molecule has 0 bridgehead atoms. The summed E-state index contributed by atoms with van der Waals surface area (Å²) in [5.41, 5.74) is 0.633. The number of nitrogens with two attached hydrogens (primary N) is 1. The van der Waals surface area contributed by atoms with Crippen LogP contribution in [0.4, 0.5) is 11.4 Å². The van der Waals surface area contributed by atoms with Gasteiger partial charge in [0.15, 0.2) is 0 Å². The molecule has 11 heteroatoms. The van der Waals surface area contributed by atoms with E-state index in [0.717, 1.165) is 17.8 Å². The van der Waals surface area contributed by atoms with Crippen LogP contribution >= 0.6 is 11.8 Å². The van der Waals surface area contributed by atoms with Gasteiger partial charge in [-0.1, -0.05) is 11.8 Å². The molecule has 0 atom stereocenters. The monoisotopic (exact) mass is 461 g/mol. The molecule has 3 aromatic rings. The SMILES string of the molecule is CC(=O)Nc1ccc(Sc2c(NCc3ccco3)cc(C(=O)O)cc2S(N)(=O)=O)cc1. The number of nitrogens with one attached hydrogen (secondary N) is 2. The number of benzene rings is 2. The van der Waals surface area contributed by atoms with E-state index in [0.29, 0.717) is 16.3 Å². The zero-order valence-corrected chi connectivity index (χ0v) is 17.9. The third-order valence-electron chi connectivity index (χ3n) is 4.04. The number of primary sulfonamides is 1. The molecule has 31 heavy (non-hydrogen) atoms. The number of aromatic carboxylic acids is 1. The molecule has 0 saturated heterocycles. The lowest BCUT2D eigenvalue weighted by Crippen LogP contribution is -2.16. The molecule has 0 spiro atoms. The molecule has 3 rings (SSSR count). The Morgan fingerprint density at radius 3 is 2.42 bits per heavy atom. The number of rotatable bonds is 8. The largest absolute Gasteiger partial charge is 0.478 e. The summed E-state index contributed by atoms with van der Waals surface area (Å²) in [5.74, 6) is -0.929. The molecule has 9 nitrogen and oxygen atoms in total. The van der Waals surface area contributed by atoms with Crippen molar-refractivity contribution in [1.82, 2.24) is 0 Å². The molecule has 5 N–H and O–H groups in total. The Labute approximate surface area is 182 Å². The van der Waals surface area contributed by atoms with Gasteiger partial charge in [0.05, 0.1) is 33.8 Å². The number of anilines is 2. The van der Waals surface area contributed by atoms with Crippen molar-refractivity contribution >= 4 is 45.0 Å². The summed E-state index contributed by atoms with van der Waals surface area (Å²) in [5, 5.41) is 20.5. The summed E-state index contributed by atoms with van der Waals surface area (Å²) in [6, 6.07) is 12.5. The zero-order valence-electron chi connectivity index (χ0n) is 16.3. The minimum Gasteiger partial charge on any atom is -0.478 e. The Morgan fingerprint density at radius 1 is 1.16 bits per heavy atom. The topological polar surface area (TPSA) is 152 Å². The summed E-state index contributed by atoms with van der Waals surface area (Å²) in [4.78, 5) is 23.3. The van der Waals surface area contributed by atoms with E-state index >= 15 is 0 Å². The average molecular weight is 462 g/mol. The summed E-state index contributed by atoms with van der Waals surface area (Å²) < 4.78 is 29.8. The highest BCUT2D eigenvalue weighted by Crippen LogP contribution is 2.39. The first kappa shape index (κ1) is 22.4. The zero-order chi connectivity index (χ0) is 22.6. The Kier molecular flexibility index (Phi) is 6.68. The molecule has 162 valence electrons. The first-order valence-corrected chi connectivity index (χ1v) is 11.3. The van der Waals surface area contributed by atoms with Crippen molar-refractivity contribution in [3.8, 4) is 0 Å². The van der Waals surface area contributed by atoms with Crippen molar-refractivity contribution < 1.29 is 27.5 Å². The lowest BCUT2D eigenvalue weighted by molar-refractivity contribution is -0.114. The number of carboxylic acids is 1. The van der Waals surface area contributed by atoms with E-state index in [1.165, 1.54) is 19.3 Å². The van der Waals surface area contributed by atoms with E-state index < -0.39 is 16.0 Å². The van der Waals surface area contributed by atoms with E-state index in [4.69, 9.17) is 9.56 Å². The van der Waals surface area contributed by atoms with Gasteiger partial charge in [-0.3, -0.25) is 4.79 Å². The van der Waals surface area contributed by atoms with Gasteiger partial charge in [-0.2, -0.15) is 0 Å². The van der Waals surface area contributed by atoms with Crippen molar-refractivity contribution in [2.24, 2.45) is 5.14 Å². The van der Waals surface area contributed by atoms with Gasteiger partial charge in [0.2, 0.25) is 15.9 Å². The maximum atomic E-state index is 12.3. The molecule has 1 amide bonds. The van der Waals surface area contributed by atoms with Crippen LogP contribution in [-0.4, -0.2) is 25.4 Å². The predicted molar refractivity (Wildman–Crippen MR) is 116 cm³/mol. The first-order valence-electron chi connectivity index (χ1n) is 8.89. The van der Waals surface area contributed by atoms with E-state index in [1.807, 2.05) is 0 Å². The maximum absolute atomic E-state index is 12.3. The lowest BCUT2D eigenvalue weighted by atomic mass is 10.2. The molecule has 0 fully saturated rings. The van der Waals surface area contributed by atoms with Gasteiger partial charge in [0.25, 0.3) is 0 Å². The Balaban J connectivity index is 2.04. The number of sulfonamides is 1. The normalized spacial score (nSPS) is 11.2. The van der Waals surface area contributed by atoms with Crippen LogP contribution in [0.25, 0.3) is 0 Å². The quantitative estimate of drug-likeness (QED) is 0.399. The summed E-state index contributed by atoms with van der Waals surface area (Å²) in [6.07, 6.45) is 1.49. The number of carboxylic acid groups (broad SMARTS) is 1. The van der Waals surface area contributed by atoms with Crippen LogP contribution in [0.1, 0.15) is 23.0 Å². The van der Waals surface area contributed by atoms with Crippen molar-refractivity contribution in [1.29, 1.82) is 0 Å². The van der Waals surface area contributed by atoms with Crippen LogP contribution in [0.15, 0.2) is 73.9 Å². The predicted octanol–water partition coefficient (Wildman–Crippen LogP) is 3.35. The molecule has 0 aliphatic heterocycles. The van der Waals surface area contributed by atoms with Gasteiger partial charge in [-0.25, -0.2) is 18.4 Å². The lowest BCUT2D eigenvalue weighted by Gasteiger charge is -2.16. The molecule has 1 heterocycles. The summed E-state index contributed by atoms with van der Waals surface area (Å²) >= 11 is 1.10. The second-order valence-corrected chi connectivity index (χ2v) is 9.06. The van der Waals surface area contributed by atoms with Crippen LogP contribution in [0, 0.1) is 0 Å². The fourth-order valence-electron chi connectivity index (χ4n) is 2.70.